The van der Waals surface area contributed by atoms with Crippen LogP contribution in [0.2, 0.25) is 0 Å². The Morgan fingerprint density at radius 1 is 0.425 bits per heavy atom. The van der Waals surface area contributed by atoms with E-state index in [-0.39, 0.29) is 0 Å². The minimum Gasteiger partial charge on any atom is -0.254 e. The van der Waals surface area contributed by atoms with Gasteiger partial charge in [0.1, 0.15) is 0 Å². The van der Waals surface area contributed by atoms with Crippen molar-refractivity contribution in [2.45, 2.75) is 0 Å². The number of pyridine rings is 3. The van der Waals surface area contributed by atoms with E-state index in [1.807, 2.05) is 18.3 Å². The first kappa shape index (κ1) is 22.6. The molecule has 3 heteroatoms. The third-order valence-corrected chi connectivity index (χ3v) is 7.70. The van der Waals surface area contributed by atoms with Crippen LogP contribution < -0.4 is 0 Å². The van der Waals surface area contributed by atoms with Gasteiger partial charge in [0.25, 0.3) is 0 Å². The normalized spacial score (nSPS) is 11.5. The van der Waals surface area contributed by atoms with Crippen LogP contribution in [-0.2, 0) is 0 Å². The largest absolute Gasteiger partial charge is 0.254 e. The summed E-state index contributed by atoms with van der Waals surface area (Å²) in [4.78, 5) is 14.7. The summed E-state index contributed by atoms with van der Waals surface area (Å²) in [7, 11) is 0. The van der Waals surface area contributed by atoms with E-state index in [2.05, 4.69) is 126 Å². The number of hydrogen-bond acceptors (Lipinski definition) is 3. The maximum atomic E-state index is 5.10. The highest BCUT2D eigenvalue weighted by atomic mass is 14.8. The molecule has 40 heavy (non-hydrogen) atoms. The van der Waals surface area contributed by atoms with E-state index in [0.29, 0.717) is 0 Å². The predicted octanol–water partition coefficient (Wildman–Crippen LogP) is 9.49. The topological polar surface area (TPSA) is 38.7 Å². The molecule has 3 aromatic heterocycles. The summed E-state index contributed by atoms with van der Waals surface area (Å²) in [5.41, 5.74) is 9.37. The van der Waals surface area contributed by atoms with E-state index >= 15 is 0 Å². The second-order valence-corrected chi connectivity index (χ2v) is 10.1. The van der Waals surface area contributed by atoms with Crippen molar-refractivity contribution in [3.05, 3.63) is 140 Å². The molecular weight excluding hydrogens is 486 g/mol. The molecule has 0 spiro atoms. The standard InChI is InChI=1S/C37H23N3/c1-2-8-26(9-3-1)35-31-13-6-12-29(34(31)30-11-4-5-14-33(30)40-35)24-15-17-25(18-16-24)32-22-21-28-20-19-27-10-7-23-38-36(27)37(28)39-32/h1-23H. The lowest BCUT2D eigenvalue weighted by Gasteiger charge is -2.14. The molecule has 0 aliphatic carbocycles. The number of hydrogen-bond donors (Lipinski definition) is 0. The monoisotopic (exact) mass is 509 g/mol. The first-order chi connectivity index (χ1) is 19.8. The highest BCUT2D eigenvalue weighted by Gasteiger charge is 2.14. The van der Waals surface area contributed by atoms with Gasteiger partial charge in [-0.1, -0.05) is 115 Å². The van der Waals surface area contributed by atoms with E-state index in [1.165, 1.54) is 10.9 Å². The van der Waals surface area contributed by atoms with Crippen LogP contribution >= 0.6 is 0 Å². The van der Waals surface area contributed by atoms with Gasteiger partial charge in [-0.05, 0) is 29.3 Å². The molecule has 0 radical (unpaired) electrons. The van der Waals surface area contributed by atoms with E-state index in [1.54, 1.807) is 0 Å². The second-order valence-electron chi connectivity index (χ2n) is 10.1. The molecule has 0 N–H and O–H groups in total. The zero-order valence-electron chi connectivity index (χ0n) is 21.6. The van der Waals surface area contributed by atoms with Gasteiger partial charge in [0.05, 0.1) is 27.9 Å². The van der Waals surface area contributed by atoms with Gasteiger partial charge in [0.15, 0.2) is 0 Å². The third kappa shape index (κ3) is 3.63. The first-order valence-electron chi connectivity index (χ1n) is 13.5. The number of para-hydroxylation sites is 1. The summed E-state index contributed by atoms with van der Waals surface area (Å²) in [6.45, 7) is 0. The Hall–Kier alpha value is -5.41. The molecule has 3 nitrogen and oxygen atoms in total. The van der Waals surface area contributed by atoms with Gasteiger partial charge in [0, 0.05) is 44.3 Å². The van der Waals surface area contributed by atoms with Crippen molar-refractivity contribution < 1.29 is 0 Å². The van der Waals surface area contributed by atoms with Crippen molar-refractivity contribution in [1.82, 2.24) is 15.0 Å². The Morgan fingerprint density at radius 2 is 1.15 bits per heavy atom. The van der Waals surface area contributed by atoms with Crippen LogP contribution in [0.5, 0.6) is 0 Å². The molecule has 186 valence electrons. The van der Waals surface area contributed by atoms with Crippen LogP contribution in [0.3, 0.4) is 0 Å². The molecule has 0 fully saturated rings. The summed E-state index contributed by atoms with van der Waals surface area (Å²) in [6.07, 6.45) is 1.83. The zero-order valence-corrected chi connectivity index (χ0v) is 21.6. The number of rotatable bonds is 3. The minimum atomic E-state index is 0.932. The lowest BCUT2D eigenvalue weighted by molar-refractivity contribution is 1.37. The SMILES string of the molecule is c1ccc(-c2nc3ccccc3c3c(-c4ccc(-c5ccc6ccc7cccnc7c6n5)cc4)cccc23)cc1. The predicted molar refractivity (Wildman–Crippen MR) is 166 cm³/mol. The molecule has 5 aromatic carbocycles. The number of nitrogens with zero attached hydrogens (tertiary/aromatic N) is 3. The molecule has 0 atom stereocenters. The summed E-state index contributed by atoms with van der Waals surface area (Å²) in [5, 5.41) is 5.73. The highest BCUT2D eigenvalue weighted by molar-refractivity contribution is 6.17. The van der Waals surface area contributed by atoms with E-state index in [4.69, 9.17) is 9.97 Å². The van der Waals surface area contributed by atoms with Crippen molar-refractivity contribution in [2.75, 3.05) is 0 Å². The fourth-order valence-corrected chi connectivity index (χ4v) is 5.76. The molecule has 0 saturated heterocycles. The Morgan fingerprint density at radius 3 is 2.02 bits per heavy atom. The van der Waals surface area contributed by atoms with Gasteiger partial charge in [-0.2, -0.15) is 0 Å². The van der Waals surface area contributed by atoms with Gasteiger partial charge in [-0.3, -0.25) is 4.98 Å². The van der Waals surface area contributed by atoms with Crippen LogP contribution in [0.1, 0.15) is 0 Å². The Bertz CT molecular complexity index is 2200. The summed E-state index contributed by atoms with van der Waals surface area (Å²) in [6, 6.07) is 46.6. The first-order valence-corrected chi connectivity index (χ1v) is 13.5. The van der Waals surface area contributed by atoms with Gasteiger partial charge in [-0.15, -0.1) is 0 Å². The molecule has 0 bridgehead atoms. The fraction of sp³-hybridized carbons (Fsp3) is 0. The maximum absolute atomic E-state index is 5.10. The molecule has 0 aliphatic heterocycles. The highest BCUT2D eigenvalue weighted by Crippen LogP contribution is 2.39. The quantitative estimate of drug-likeness (QED) is 0.223. The minimum absolute atomic E-state index is 0.932. The maximum Gasteiger partial charge on any atom is 0.0972 e. The lowest BCUT2D eigenvalue weighted by atomic mass is 9.92. The third-order valence-electron chi connectivity index (χ3n) is 7.70. The smallest absolute Gasteiger partial charge is 0.0972 e. The molecule has 8 rings (SSSR count). The molecule has 3 heterocycles. The van der Waals surface area contributed by atoms with Crippen molar-refractivity contribution in [3.8, 4) is 33.6 Å². The van der Waals surface area contributed by atoms with Crippen molar-refractivity contribution in [3.63, 3.8) is 0 Å². The number of fused-ring (bicyclic) bond motifs is 6. The Kier molecular flexibility index (Phi) is 5.14. The van der Waals surface area contributed by atoms with Crippen LogP contribution in [-0.4, -0.2) is 15.0 Å². The molecular formula is C37H23N3. The Labute approximate surface area is 231 Å². The zero-order chi connectivity index (χ0) is 26.5. The molecule has 0 unspecified atom stereocenters. The van der Waals surface area contributed by atoms with Crippen LogP contribution in [0, 0.1) is 0 Å². The van der Waals surface area contributed by atoms with Crippen LogP contribution in [0.15, 0.2) is 140 Å². The van der Waals surface area contributed by atoms with Gasteiger partial charge >= 0.3 is 0 Å². The molecule has 8 aromatic rings. The molecule has 0 amide bonds. The average Bonchev–Trinajstić information content (AvgIpc) is 3.04. The fourth-order valence-electron chi connectivity index (χ4n) is 5.76. The van der Waals surface area contributed by atoms with E-state index in [9.17, 15) is 0 Å². The summed E-state index contributed by atoms with van der Waals surface area (Å²) >= 11 is 0. The van der Waals surface area contributed by atoms with Gasteiger partial charge in [0.2, 0.25) is 0 Å². The summed E-state index contributed by atoms with van der Waals surface area (Å²) < 4.78 is 0. The molecule has 0 saturated carbocycles. The Balaban J connectivity index is 1.29. The second kappa shape index (κ2) is 9.11. The lowest BCUT2D eigenvalue weighted by Crippen LogP contribution is -1.92. The van der Waals surface area contributed by atoms with Crippen molar-refractivity contribution >= 4 is 43.5 Å². The van der Waals surface area contributed by atoms with Gasteiger partial charge < -0.3 is 0 Å². The van der Waals surface area contributed by atoms with E-state index < -0.39 is 0 Å². The van der Waals surface area contributed by atoms with Crippen molar-refractivity contribution in [1.29, 1.82) is 0 Å². The average molecular weight is 510 g/mol. The molecule has 0 aliphatic rings. The van der Waals surface area contributed by atoms with Crippen molar-refractivity contribution in [2.24, 2.45) is 0 Å². The number of benzene rings is 5. The summed E-state index contributed by atoms with van der Waals surface area (Å²) in [5.74, 6) is 0. The number of aromatic nitrogens is 3. The van der Waals surface area contributed by atoms with E-state index in [0.717, 1.165) is 66.2 Å². The van der Waals surface area contributed by atoms with Crippen LogP contribution in [0.25, 0.3) is 77.1 Å². The van der Waals surface area contributed by atoms with Gasteiger partial charge in [-0.25, -0.2) is 9.97 Å². The van der Waals surface area contributed by atoms with Crippen LogP contribution in [0.4, 0.5) is 0 Å².